The van der Waals surface area contributed by atoms with Crippen LogP contribution in [0.4, 0.5) is 0 Å². The second-order valence-electron chi connectivity index (χ2n) is 4.03. The van der Waals surface area contributed by atoms with Crippen molar-refractivity contribution in [2.24, 2.45) is 5.84 Å². The van der Waals surface area contributed by atoms with E-state index in [4.69, 9.17) is 5.84 Å². The Hall–Kier alpha value is -1.07. The van der Waals surface area contributed by atoms with Gasteiger partial charge in [0, 0.05) is 5.69 Å². The van der Waals surface area contributed by atoms with E-state index in [1.165, 1.54) is 11.8 Å². The van der Waals surface area contributed by atoms with E-state index in [1.54, 1.807) is 0 Å². The van der Waals surface area contributed by atoms with Gasteiger partial charge in [-0.15, -0.1) is 0 Å². The van der Waals surface area contributed by atoms with Crippen LogP contribution in [-0.2, 0) is 4.79 Å². The topological polar surface area (TPSA) is 68.0 Å². The SMILES string of the molecule is CCCC(Sc1cc(C)cc(C)n1)C(=O)NN. The Balaban J connectivity index is 2.81. The molecule has 0 radical (unpaired) electrons. The number of hydrogen-bond donors (Lipinski definition) is 2. The summed E-state index contributed by atoms with van der Waals surface area (Å²) in [6, 6.07) is 4.01. The summed E-state index contributed by atoms with van der Waals surface area (Å²) >= 11 is 1.47. The minimum absolute atomic E-state index is 0.141. The van der Waals surface area contributed by atoms with E-state index < -0.39 is 0 Å². The highest BCUT2D eigenvalue weighted by molar-refractivity contribution is 8.00. The maximum atomic E-state index is 11.6. The fourth-order valence-electron chi connectivity index (χ4n) is 1.61. The molecule has 3 N–H and O–H groups in total. The van der Waals surface area contributed by atoms with Crippen molar-refractivity contribution >= 4 is 17.7 Å². The van der Waals surface area contributed by atoms with Crippen LogP contribution in [0.5, 0.6) is 0 Å². The lowest BCUT2D eigenvalue weighted by Crippen LogP contribution is -2.37. The lowest BCUT2D eigenvalue weighted by atomic mass is 10.2. The third-order valence-electron chi connectivity index (χ3n) is 2.32. The van der Waals surface area contributed by atoms with Gasteiger partial charge in [-0.1, -0.05) is 25.1 Å². The van der Waals surface area contributed by atoms with Gasteiger partial charge in [-0.2, -0.15) is 0 Å². The molecule has 1 unspecified atom stereocenters. The Kier molecular flexibility index (Phi) is 5.44. The number of aromatic nitrogens is 1. The zero-order valence-corrected chi connectivity index (χ0v) is 11.3. The monoisotopic (exact) mass is 253 g/mol. The largest absolute Gasteiger partial charge is 0.293 e. The van der Waals surface area contributed by atoms with Gasteiger partial charge < -0.3 is 0 Å². The summed E-state index contributed by atoms with van der Waals surface area (Å²) in [5.74, 6) is 5.04. The number of rotatable bonds is 5. The minimum Gasteiger partial charge on any atom is -0.293 e. The van der Waals surface area contributed by atoms with Crippen molar-refractivity contribution in [3.8, 4) is 0 Å². The number of hydrogen-bond acceptors (Lipinski definition) is 4. The smallest absolute Gasteiger partial charge is 0.247 e. The zero-order chi connectivity index (χ0) is 12.8. The van der Waals surface area contributed by atoms with Crippen molar-refractivity contribution in [2.75, 3.05) is 0 Å². The molecule has 0 spiro atoms. The van der Waals surface area contributed by atoms with E-state index in [0.29, 0.717) is 0 Å². The van der Waals surface area contributed by atoms with Crippen molar-refractivity contribution in [3.05, 3.63) is 23.4 Å². The third kappa shape index (κ3) is 4.36. The summed E-state index contributed by atoms with van der Waals surface area (Å²) in [5.41, 5.74) is 4.34. The summed E-state index contributed by atoms with van der Waals surface area (Å²) < 4.78 is 0. The number of nitrogens with one attached hydrogen (secondary N) is 1. The Labute approximate surface area is 106 Å². The Morgan fingerprint density at radius 1 is 1.53 bits per heavy atom. The van der Waals surface area contributed by atoms with Crippen LogP contribution in [0.25, 0.3) is 0 Å². The number of nitrogens with two attached hydrogens (primary N) is 1. The molecule has 17 heavy (non-hydrogen) atoms. The molecule has 0 aromatic carbocycles. The summed E-state index contributed by atoms with van der Waals surface area (Å²) in [5, 5.41) is 0.711. The zero-order valence-electron chi connectivity index (χ0n) is 10.5. The number of hydrazine groups is 1. The van der Waals surface area contributed by atoms with Crippen LogP contribution < -0.4 is 11.3 Å². The van der Waals surface area contributed by atoms with Gasteiger partial charge in [0.15, 0.2) is 0 Å². The molecule has 1 rings (SSSR count). The van der Waals surface area contributed by atoms with Crippen molar-refractivity contribution < 1.29 is 4.79 Å². The molecule has 1 heterocycles. The van der Waals surface area contributed by atoms with Gasteiger partial charge in [-0.25, -0.2) is 10.8 Å². The number of aryl methyl sites for hydroxylation is 2. The summed E-state index contributed by atoms with van der Waals surface area (Å²) in [6.45, 7) is 6.03. The molecule has 0 bridgehead atoms. The molecule has 0 aliphatic carbocycles. The van der Waals surface area contributed by atoms with Crippen molar-refractivity contribution in [1.82, 2.24) is 10.4 Å². The van der Waals surface area contributed by atoms with E-state index >= 15 is 0 Å². The van der Waals surface area contributed by atoms with Crippen molar-refractivity contribution in [3.63, 3.8) is 0 Å². The predicted molar refractivity (Wildman–Crippen MR) is 70.6 cm³/mol. The number of nitrogens with zero attached hydrogens (tertiary/aromatic N) is 1. The molecule has 0 saturated heterocycles. The molecule has 5 heteroatoms. The minimum atomic E-state index is -0.168. The Morgan fingerprint density at radius 2 is 2.24 bits per heavy atom. The quantitative estimate of drug-likeness (QED) is 0.364. The normalized spacial score (nSPS) is 12.2. The number of amides is 1. The number of thioether (sulfide) groups is 1. The average Bonchev–Trinajstić information content (AvgIpc) is 2.26. The standard InChI is InChI=1S/C12H19N3OS/c1-4-5-10(12(16)15-13)17-11-7-8(2)6-9(3)14-11/h6-7,10H,4-5,13H2,1-3H3,(H,15,16). The first-order valence-electron chi connectivity index (χ1n) is 5.69. The molecule has 0 aliphatic heterocycles. The number of pyridine rings is 1. The maximum Gasteiger partial charge on any atom is 0.247 e. The highest BCUT2D eigenvalue weighted by atomic mass is 32.2. The van der Waals surface area contributed by atoms with Crippen LogP contribution in [0.2, 0.25) is 0 Å². The first kappa shape index (κ1) is 14.0. The van der Waals surface area contributed by atoms with Crippen LogP contribution in [0.3, 0.4) is 0 Å². The van der Waals surface area contributed by atoms with E-state index in [0.717, 1.165) is 29.1 Å². The second-order valence-corrected chi connectivity index (χ2v) is 5.25. The lowest BCUT2D eigenvalue weighted by molar-refractivity contribution is -0.120. The summed E-state index contributed by atoms with van der Waals surface area (Å²) in [6.07, 6.45) is 1.73. The predicted octanol–water partition coefficient (Wildman–Crippen LogP) is 1.95. The maximum absolute atomic E-state index is 11.6. The molecule has 1 aromatic rings. The average molecular weight is 253 g/mol. The molecule has 0 saturated carbocycles. The Morgan fingerprint density at radius 3 is 2.76 bits per heavy atom. The number of carbonyl (C=O) groups is 1. The highest BCUT2D eigenvalue weighted by Crippen LogP contribution is 2.25. The van der Waals surface area contributed by atoms with Crippen LogP contribution >= 0.6 is 11.8 Å². The first-order valence-corrected chi connectivity index (χ1v) is 6.57. The van der Waals surface area contributed by atoms with Gasteiger partial charge in [-0.3, -0.25) is 10.2 Å². The van der Waals surface area contributed by atoms with E-state index in [2.05, 4.69) is 10.4 Å². The lowest BCUT2D eigenvalue weighted by Gasteiger charge is -2.13. The fourth-order valence-corrected chi connectivity index (χ4v) is 2.88. The van der Waals surface area contributed by atoms with Gasteiger partial charge in [0.2, 0.25) is 5.91 Å². The van der Waals surface area contributed by atoms with E-state index in [1.807, 2.05) is 32.9 Å². The fraction of sp³-hybridized carbons (Fsp3) is 0.500. The van der Waals surface area contributed by atoms with Crippen molar-refractivity contribution in [2.45, 2.75) is 43.9 Å². The summed E-state index contributed by atoms with van der Waals surface area (Å²) in [4.78, 5) is 16.0. The first-order chi connectivity index (χ1) is 8.06. The third-order valence-corrected chi connectivity index (χ3v) is 3.51. The van der Waals surface area contributed by atoms with Crippen molar-refractivity contribution in [1.29, 1.82) is 0 Å². The van der Waals surface area contributed by atoms with Gasteiger partial charge in [-0.05, 0) is 38.0 Å². The van der Waals surface area contributed by atoms with Crippen LogP contribution in [0.1, 0.15) is 31.0 Å². The molecule has 94 valence electrons. The van der Waals surface area contributed by atoms with Gasteiger partial charge in [0.25, 0.3) is 0 Å². The van der Waals surface area contributed by atoms with Gasteiger partial charge >= 0.3 is 0 Å². The van der Waals surface area contributed by atoms with Crippen LogP contribution in [-0.4, -0.2) is 16.1 Å². The molecule has 0 fully saturated rings. The van der Waals surface area contributed by atoms with Gasteiger partial charge in [0.1, 0.15) is 0 Å². The van der Waals surface area contributed by atoms with Crippen LogP contribution in [0, 0.1) is 13.8 Å². The molecule has 1 aromatic heterocycles. The molecule has 1 atom stereocenters. The molecular formula is C12H19N3OS. The molecular weight excluding hydrogens is 234 g/mol. The van der Waals surface area contributed by atoms with E-state index in [-0.39, 0.29) is 11.2 Å². The highest BCUT2D eigenvalue weighted by Gasteiger charge is 2.18. The second kappa shape index (κ2) is 6.61. The summed E-state index contributed by atoms with van der Waals surface area (Å²) in [7, 11) is 0. The Bertz CT molecular complexity index is 375. The van der Waals surface area contributed by atoms with Crippen LogP contribution in [0.15, 0.2) is 17.2 Å². The number of carbonyl (C=O) groups excluding carboxylic acids is 1. The molecule has 1 amide bonds. The van der Waals surface area contributed by atoms with E-state index in [9.17, 15) is 4.79 Å². The molecule has 0 aliphatic rings. The van der Waals surface area contributed by atoms with Gasteiger partial charge in [0.05, 0.1) is 10.3 Å². The molecule has 4 nitrogen and oxygen atoms in total.